The minimum atomic E-state index is -0.378. The Morgan fingerprint density at radius 1 is 1.37 bits per heavy atom. The van der Waals surface area contributed by atoms with Crippen LogP contribution in [0.3, 0.4) is 0 Å². The van der Waals surface area contributed by atoms with Gasteiger partial charge < -0.3 is 10.6 Å². The van der Waals surface area contributed by atoms with E-state index in [2.05, 4.69) is 10.6 Å². The van der Waals surface area contributed by atoms with Crippen LogP contribution >= 0.6 is 22.6 Å². The summed E-state index contributed by atoms with van der Waals surface area (Å²) >= 11 is 1.90. The van der Waals surface area contributed by atoms with Crippen molar-refractivity contribution in [3.8, 4) is 0 Å². The zero-order valence-corrected chi connectivity index (χ0v) is 13.0. The average molecular weight is 378 g/mol. The molecule has 1 aromatic rings. The van der Waals surface area contributed by atoms with Gasteiger partial charge in [-0.25, -0.2) is 4.39 Å². The van der Waals surface area contributed by atoms with E-state index in [1.807, 2.05) is 36.4 Å². The zero-order valence-electron chi connectivity index (χ0n) is 10.8. The topological polar surface area (TPSA) is 58.2 Å². The van der Waals surface area contributed by atoms with E-state index < -0.39 is 0 Å². The third-order valence-corrected chi connectivity index (χ3v) is 3.16. The molecule has 0 spiro atoms. The van der Waals surface area contributed by atoms with Gasteiger partial charge in [0.2, 0.25) is 5.91 Å². The molecule has 2 amide bonds. The molecule has 1 aromatic carbocycles. The third kappa shape index (κ3) is 5.54. The normalized spacial score (nSPS) is 10.4. The largest absolute Gasteiger partial charge is 0.354 e. The Bertz CT molecular complexity index is 478. The Morgan fingerprint density at radius 2 is 2.05 bits per heavy atom. The number of rotatable bonds is 5. The lowest BCUT2D eigenvalue weighted by atomic mass is 10.2. The van der Waals surface area contributed by atoms with Crippen molar-refractivity contribution in [2.24, 2.45) is 0 Å². The maximum Gasteiger partial charge on any atom is 0.252 e. The van der Waals surface area contributed by atoms with E-state index in [1.54, 1.807) is 0 Å². The number of hydrogen-bond donors (Lipinski definition) is 2. The van der Waals surface area contributed by atoms with E-state index in [9.17, 15) is 14.0 Å². The smallest absolute Gasteiger partial charge is 0.252 e. The van der Waals surface area contributed by atoms with Crippen molar-refractivity contribution in [1.82, 2.24) is 10.6 Å². The van der Waals surface area contributed by atoms with Gasteiger partial charge in [0.1, 0.15) is 5.82 Å². The minimum absolute atomic E-state index is 0.0845. The van der Waals surface area contributed by atoms with Crippen LogP contribution in [0.4, 0.5) is 4.39 Å². The van der Waals surface area contributed by atoms with Crippen molar-refractivity contribution >= 4 is 34.4 Å². The number of nitrogens with one attached hydrogen (secondary N) is 2. The summed E-state index contributed by atoms with van der Waals surface area (Å²) < 4.78 is 13.4. The molecule has 0 saturated heterocycles. The molecular weight excluding hydrogens is 362 g/mol. The van der Waals surface area contributed by atoms with Gasteiger partial charge in [0.25, 0.3) is 5.91 Å². The molecule has 6 heteroatoms. The van der Waals surface area contributed by atoms with Crippen molar-refractivity contribution in [1.29, 1.82) is 0 Å². The van der Waals surface area contributed by atoms with Gasteiger partial charge in [0.05, 0.1) is 5.56 Å². The lowest BCUT2D eigenvalue weighted by Gasteiger charge is -2.09. The second kappa shape index (κ2) is 7.42. The Hall–Kier alpha value is -1.18. The highest BCUT2D eigenvalue weighted by atomic mass is 127. The molecular formula is C13H16FIN2O2. The molecule has 0 aliphatic heterocycles. The van der Waals surface area contributed by atoms with Gasteiger partial charge in [0, 0.05) is 22.6 Å². The van der Waals surface area contributed by atoms with Crippen LogP contribution in [0, 0.1) is 9.39 Å². The summed E-state index contributed by atoms with van der Waals surface area (Å²) in [5.74, 6) is -0.789. The number of carbonyl (C=O) groups is 2. The van der Waals surface area contributed by atoms with Crippen LogP contribution in [0.25, 0.3) is 0 Å². The fourth-order valence-corrected chi connectivity index (χ4v) is 2.17. The number of carbonyl (C=O) groups excluding carboxylic acids is 2. The van der Waals surface area contributed by atoms with Gasteiger partial charge in [-0.05, 0) is 54.6 Å². The highest BCUT2D eigenvalue weighted by Gasteiger charge is 2.11. The lowest BCUT2D eigenvalue weighted by Crippen LogP contribution is -2.34. The minimum Gasteiger partial charge on any atom is -0.354 e. The predicted octanol–water partition coefficient (Wildman–Crippen LogP) is 2.07. The van der Waals surface area contributed by atoms with Crippen LogP contribution < -0.4 is 10.6 Å². The lowest BCUT2D eigenvalue weighted by molar-refractivity contribution is -0.121. The molecule has 0 atom stereocenters. The molecule has 104 valence electrons. The highest BCUT2D eigenvalue weighted by Crippen LogP contribution is 2.13. The van der Waals surface area contributed by atoms with Crippen molar-refractivity contribution < 1.29 is 14.0 Å². The SMILES string of the molecule is CC(C)NC(=O)CCNC(=O)c1ccc(F)cc1I. The Morgan fingerprint density at radius 3 is 2.63 bits per heavy atom. The molecule has 0 aromatic heterocycles. The second-order valence-electron chi connectivity index (χ2n) is 4.35. The van der Waals surface area contributed by atoms with Gasteiger partial charge in [-0.2, -0.15) is 0 Å². The summed E-state index contributed by atoms with van der Waals surface area (Å²) in [5, 5.41) is 5.37. The Labute approximate surface area is 125 Å². The monoisotopic (exact) mass is 378 g/mol. The first-order valence-corrected chi connectivity index (χ1v) is 7.00. The molecule has 0 heterocycles. The molecule has 2 N–H and O–H groups in total. The second-order valence-corrected chi connectivity index (χ2v) is 5.51. The molecule has 0 aliphatic carbocycles. The van der Waals surface area contributed by atoms with E-state index in [1.165, 1.54) is 18.2 Å². The molecule has 0 unspecified atom stereocenters. The summed E-state index contributed by atoms with van der Waals surface area (Å²) in [6.07, 6.45) is 0.224. The van der Waals surface area contributed by atoms with Crippen LogP contribution in [-0.4, -0.2) is 24.4 Å². The van der Waals surface area contributed by atoms with Crippen LogP contribution in [0.5, 0.6) is 0 Å². The number of amides is 2. The van der Waals surface area contributed by atoms with Gasteiger partial charge in [-0.3, -0.25) is 9.59 Å². The first-order chi connectivity index (χ1) is 8.90. The first-order valence-electron chi connectivity index (χ1n) is 5.92. The molecule has 19 heavy (non-hydrogen) atoms. The van der Waals surface area contributed by atoms with Gasteiger partial charge >= 0.3 is 0 Å². The Balaban J connectivity index is 2.45. The van der Waals surface area contributed by atoms with E-state index in [-0.39, 0.29) is 36.6 Å². The van der Waals surface area contributed by atoms with E-state index in [0.717, 1.165) is 0 Å². The molecule has 1 rings (SSSR count). The van der Waals surface area contributed by atoms with E-state index in [0.29, 0.717) is 9.13 Å². The average Bonchev–Trinajstić information content (AvgIpc) is 2.27. The fourth-order valence-electron chi connectivity index (χ4n) is 1.45. The van der Waals surface area contributed by atoms with Crippen molar-refractivity contribution in [2.45, 2.75) is 26.3 Å². The zero-order chi connectivity index (χ0) is 14.4. The molecule has 4 nitrogen and oxygen atoms in total. The third-order valence-electron chi connectivity index (χ3n) is 2.26. The summed E-state index contributed by atoms with van der Waals surface area (Å²) in [6, 6.07) is 4.05. The molecule has 0 radical (unpaired) electrons. The molecule has 0 bridgehead atoms. The number of halogens is 2. The van der Waals surface area contributed by atoms with E-state index in [4.69, 9.17) is 0 Å². The van der Waals surface area contributed by atoms with Crippen LogP contribution in [0.1, 0.15) is 30.6 Å². The van der Waals surface area contributed by atoms with Crippen molar-refractivity contribution in [3.05, 3.63) is 33.1 Å². The summed E-state index contributed by atoms with van der Waals surface area (Å²) in [4.78, 5) is 23.2. The number of hydrogen-bond acceptors (Lipinski definition) is 2. The number of benzene rings is 1. The van der Waals surface area contributed by atoms with Crippen LogP contribution in [-0.2, 0) is 4.79 Å². The highest BCUT2D eigenvalue weighted by molar-refractivity contribution is 14.1. The first kappa shape index (κ1) is 15.9. The Kier molecular flexibility index (Phi) is 6.20. The maximum atomic E-state index is 12.9. The quantitative estimate of drug-likeness (QED) is 0.771. The summed E-state index contributed by atoms with van der Waals surface area (Å²) in [5.41, 5.74) is 0.409. The van der Waals surface area contributed by atoms with Crippen molar-refractivity contribution in [2.75, 3.05) is 6.54 Å². The fraction of sp³-hybridized carbons (Fsp3) is 0.385. The van der Waals surface area contributed by atoms with Gasteiger partial charge in [-0.1, -0.05) is 0 Å². The standard InChI is InChI=1S/C13H16FIN2O2/c1-8(2)17-12(18)5-6-16-13(19)10-4-3-9(14)7-11(10)15/h3-4,7-8H,5-6H2,1-2H3,(H,16,19)(H,17,18). The summed E-state index contributed by atoms with van der Waals surface area (Å²) in [6.45, 7) is 4.00. The maximum absolute atomic E-state index is 12.9. The molecule has 0 aliphatic rings. The van der Waals surface area contributed by atoms with Crippen LogP contribution in [0.2, 0.25) is 0 Å². The predicted molar refractivity (Wildman–Crippen MR) is 79.3 cm³/mol. The molecule has 0 saturated carbocycles. The van der Waals surface area contributed by atoms with E-state index >= 15 is 0 Å². The van der Waals surface area contributed by atoms with Gasteiger partial charge in [0.15, 0.2) is 0 Å². The van der Waals surface area contributed by atoms with Crippen LogP contribution in [0.15, 0.2) is 18.2 Å². The summed E-state index contributed by atoms with van der Waals surface area (Å²) in [7, 11) is 0. The van der Waals surface area contributed by atoms with Crippen molar-refractivity contribution in [3.63, 3.8) is 0 Å². The van der Waals surface area contributed by atoms with Gasteiger partial charge in [-0.15, -0.1) is 0 Å². The molecule has 0 fully saturated rings.